The van der Waals surface area contributed by atoms with Gasteiger partial charge in [0.05, 0.1) is 0 Å². The van der Waals surface area contributed by atoms with E-state index in [4.69, 9.17) is 9.57 Å². The maximum atomic E-state index is 11.6. The average molecular weight is 390 g/mol. The highest BCUT2D eigenvalue weighted by Gasteiger charge is 2.24. The molecule has 1 N–H and O–H groups in total. The van der Waals surface area contributed by atoms with Crippen LogP contribution in [0.25, 0.3) is 0 Å². The number of carbonyl (C=O) groups is 1. The molecule has 0 radical (unpaired) electrons. The molecule has 0 aliphatic heterocycles. The number of hydrogen-bond acceptors (Lipinski definition) is 5. The topological polar surface area (TPSA) is 81.0 Å². The Bertz CT molecular complexity index is 891. The molecule has 0 saturated carbocycles. The van der Waals surface area contributed by atoms with Gasteiger partial charge in [-0.15, -0.1) is 0 Å². The van der Waals surface area contributed by atoms with Crippen molar-refractivity contribution in [2.75, 3.05) is 6.61 Å². The highest BCUT2D eigenvalue weighted by molar-refractivity contribution is 6.03. The van der Waals surface area contributed by atoms with E-state index in [9.17, 15) is 9.90 Å². The fourth-order valence-corrected chi connectivity index (χ4v) is 2.86. The lowest BCUT2D eigenvalue weighted by atomic mass is 9.93. The van der Waals surface area contributed by atoms with E-state index in [1.165, 1.54) is 0 Å². The summed E-state index contributed by atoms with van der Waals surface area (Å²) in [7, 11) is 0. The Morgan fingerprint density at radius 2 is 1.66 bits per heavy atom. The van der Waals surface area contributed by atoms with Gasteiger partial charge in [-0.1, -0.05) is 59.8 Å². The number of aromatic nitrogens is 1. The summed E-state index contributed by atoms with van der Waals surface area (Å²) in [4.78, 5) is 21.4. The largest absolute Gasteiger partial charge is 0.478 e. The Labute approximate surface area is 169 Å². The minimum Gasteiger partial charge on any atom is -0.478 e. The molecule has 0 aliphatic rings. The smallest absolute Gasteiger partial charge is 0.351 e. The van der Waals surface area contributed by atoms with Crippen molar-refractivity contribution in [3.05, 3.63) is 96.3 Å². The first-order valence-corrected chi connectivity index (χ1v) is 9.21. The van der Waals surface area contributed by atoms with Crippen LogP contribution >= 0.6 is 0 Å². The first-order valence-electron chi connectivity index (χ1n) is 9.21. The lowest BCUT2D eigenvalue weighted by Crippen LogP contribution is -2.34. The Morgan fingerprint density at radius 1 is 1.00 bits per heavy atom. The summed E-state index contributed by atoms with van der Waals surface area (Å²) in [5.74, 6) is -0.766. The van der Waals surface area contributed by atoms with E-state index in [2.05, 4.69) is 10.1 Å². The molecule has 2 atom stereocenters. The van der Waals surface area contributed by atoms with Gasteiger partial charge in [0.1, 0.15) is 18.1 Å². The average Bonchev–Trinajstić information content (AvgIpc) is 2.76. The molecular weight excluding hydrogens is 368 g/mol. The van der Waals surface area contributed by atoms with Crippen LogP contribution in [0.2, 0.25) is 0 Å². The lowest BCUT2D eigenvalue weighted by molar-refractivity contribution is -0.142. The van der Waals surface area contributed by atoms with E-state index in [0.29, 0.717) is 5.75 Å². The van der Waals surface area contributed by atoms with Gasteiger partial charge in [0.2, 0.25) is 6.10 Å². The van der Waals surface area contributed by atoms with E-state index >= 15 is 0 Å². The van der Waals surface area contributed by atoms with Crippen molar-refractivity contribution in [2.24, 2.45) is 5.16 Å². The normalized spacial score (nSPS) is 13.3. The molecule has 0 spiro atoms. The number of ether oxygens (including phenoxy) is 1. The molecule has 6 heteroatoms. The molecule has 0 fully saturated rings. The molecule has 0 saturated heterocycles. The fourth-order valence-electron chi connectivity index (χ4n) is 2.86. The van der Waals surface area contributed by atoms with Crippen molar-refractivity contribution in [3.63, 3.8) is 0 Å². The molecule has 0 bridgehead atoms. The van der Waals surface area contributed by atoms with Crippen LogP contribution in [0.3, 0.4) is 0 Å². The van der Waals surface area contributed by atoms with Gasteiger partial charge in [-0.2, -0.15) is 0 Å². The number of carboxylic acids is 1. The molecule has 29 heavy (non-hydrogen) atoms. The Balaban J connectivity index is 1.72. The molecule has 1 heterocycles. The van der Waals surface area contributed by atoms with Gasteiger partial charge in [-0.3, -0.25) is 4.98 Å². The van der Waals surface area contributed by atoms with Crippen LogP contribution in [-0.4, -0.2) is 34.5 Å². The summed E-state index contributed by atoms with van der Waals surface area (Å²) in [6.45, 7) is 1.81. The minimum atomic E-state index is -1.23. The summed E-state index contributed by atoms with van der Waals surface area (Å²) in [6, 6.07) is 22.5. The molecule has 3 aromatic rings. The molecule has 0 amide bonds. The second-order valence-electron chi connectivity index (χ2n) is 6.43. The van der Waals surface area contributed by atoms with Crippen molar-refractivity contribution in [2.45, 2.75) is 18.9 Å². The molecule has 6 nitrogen and oxygen atoms in total. The summed E-state index contributed by atoms with van der Waals surface area (Å²) < 4.78 is 5.54. The van der Waals surface area contributed by atoms with Gasteiger partial charge in [0.15, 0.2) is 0 Å². The SMILES string of the molecule is CC(=NOCC(c1ccccc1)c1cccnc1)C(Oc1ccccc1)C(=O)O. The Morgan fingerprint density at radius 3 is 2.28 bits per heavy atom. The van der Waals surface area contributed by atoms with Gasteiger partial charge in [-0.25, -0.2) is 4.79 Å². The third kappa shape index (κ3) is 5.65. The van der Waals surface area contributed by atoms with E-state index < -0.39 is 12.1 Å². The molecule has 3 rings (SSSR count). The van der Waals surface area contributed by atoms with Crippen LogP contribution in [0, 0.1) is 0 Å². The zero-order valence-corrected chi connectivity index (χ0v) is 16.0. The Kier molecular flexibility index (Phi) is 6.95. The van der Waals surface area contributed by atoms with Crippen LogP contribution in [-0.2, 0) is 9.63 Å². The first-order chi connectivity index (χ1) is 14.1. The third-order valence-corrected chi connectivity index (χ3v) is 4.34. The molecule has 0 aliphatic carbocycles. The van der Waals surface area contributed by atoms with Gasteiger partial charge in [0, 0.05) is 18.3 Å². The number of hydrogen-bond donors (Lipinski definition) is 1. The number of rotatable bonds is 9. The number of pyridine rings is 1. The Hall–Kier alpha value is -3.67. The maximum Gasteiger partial charge on any atom is 0.351 e. The van der Waals surface area contributed by atoms with Gasteiger partial charge >= 0.3 is 5.97 Å². The predicted octanol–water partition coefficient (Wildman–Crippen LogP) is 4.14. The van der Waals surface area contributed by atoms with Gasteiger partial charge in [-0.05, 0) is 36.2 Å². The quantitative estimate of drug-likeness (QED) is 0.439. The van der Waals surface area contributed by atoms with Crippen molar-refractivity contribution in [3.8, 4) is 5.75 Å². The first kappa shape index (κ1) is 20.1. The number of carboxylic acid groups (broad SMARTS) is 1. The summed E-state index contributed by atoms with van der Waals surface area (Å²) in [5, 5.41) is 13.5. The summed E-state index contributed by atoms with van der Waals surface area (Å²) >= 11 is 0. The number of benzene rings is 2. The number of oxime groups is 1. The zero-order valence-electron chi connectivity index (χ0n) is 16.0. The summed E-state index contributed by atoms with van der Waals surface area (Å²) in [5.41, 5.74) is 2.27. The van der Waals surface area contributed by atoms with E-state index in [0.717, 1.165) is 11.1 Å². The van der Waals surface area contributed by atoms with Gasteiger partial charge < -0.3 is 14.7 Å². The van der Waals surface area contributed by atoms with Crippen molar-refractivity contribution >= 4 is 11.7 Å². The second-order valence-corrected chi connectivity index (χ2v) is 6.43. The third-order valence-electron chi connectivity index (χ3n) is 4.34. The van der Waals surface area contributed by atoms with Crippen LogP contribution in [0.5, 0.6) is 5.75 Å². The van der Waals surface area contributed by atoms with Crippen molar-refractivity contribution in [1.29, 1.82) is 0 Å². The van der Waals surface area contributed by atoms with E-state index in [1.807, 2.05) is 48.5 Å². The second kappa shape index (κ2) is 10.0. The number of nitrogens with zero attached hydrogens (tertiary/aromatic N) is 2. The maximum absolute atomic E-state index is 11.6. The molecule has 2 unspecified atom stereocenters. The number of para-hydroxylation sites is 1. The van der Waals surface area contributed by atoms with Crippen molar-refractivity contribution < 1.29 is 19.5 Å². The van der Waals surface area contributed by atoms with Crippen LogP contribution in [0.4, 0.5) is 0 Å². The van der Waals surface area contributed by atoms with Crippen LogP contribution < -0.4 is 4.74 Å². The van der Waals surface area contributed by atoms with Crippen LogP contribution in [0.15, 0.2) is 90.3 Å². The highest BCUT2D eigenvalue weighted by Crippen LogP contribution is 2.24. The van der Waals surface area contributed by atoms with Gasteiger partial charge in [0.25, 0.3) is 0 Å². The molecule has 148 valence electrons. The number of aliphatic carboxylic acids is 1. The van der Waals surface area contributed by atoms with Crippen molar-refractivity contribution in [1.82, 2.24) is 4.98 Å². The monoisotopic (exact) mass is 390 g/mol. The predicted molar refractivity (Wildman–Crippen MR) is 110 cm³/mol. The molecule has 1 aromatic heterocycles. The minimum absolute atomic E-state index is 0.0835. The van der Waals surface area contributed by atoms with E-state index in [1.54, 1.807) is 43.6 Å². The lowest BCUT2D eigenvalue weighted by Gasteiger charge is -2.18. The van der Waals surface area contributed by atoms with Crippen LogP contribution in [0.1, 0.15) is 24.0 Å². The highest BCUT2D eigenvalue weighted by atomic mass is 16.6. The molecule has 2 aromatic carbocycles. The standard InChI is InChI=1S/C23H22N2O4/c1-17(22(23(26)27)29-20-12-6-3-7-13-20)25-28-16-21(18-9-4-2-5-10-18)19-11-8-14-24-15-19/h2-15,21-22H,16H2,1H3,(H,26,27). The summed E-state index contributed by atoms with van der Waals surface area (Å²) in [6.07, 6.45) is 2.27. The van der Waals surface area contributed by atoms with E-state index in [-0.39, 0.29) is 18.2 Å². The molecular formula is C23H22N2O4. The zero-order chi connectivity index (χ0) is 20.5. The fraction of sp³-hybridized carbons (Fsp3) is 0.174.